The molecule has 4 aromatic rings. The number of hydrogen-bond acceptors (Lipinski definition) is 6. The van der Waals surface area contributed by atoms with Crippen LogP contribution < -0.4 is 25.4 Å². The highest BCUT2D eigenvalue weighted by molar-refractivity contribution is 8.00. The molecule has 1 atom stereocenters. The fourth-order valence-electron chi connectivity index (χ4n) is 3.85. The Kier molecular flexibility index (Phi) is 9.77. The standard InChI is InChI=1S/C31H29N3O4S2/c1-20(35)21-12-14-23(15-13-21)33-31(39)34-24-10-7-11-28(18-24)40-29(22-8-5-4-6-9-22)30(36)32-25-16-26(37-2)19-27(17-25)38-3/h4-19,29H,1-3H3,(H,32,36)(H2,33,34,39). The van der Waals surface area contributed by atoms with Gasteiger partial charge in [-0.15, -0.1) is 11.8 Å². The highest BCUT2D eigenvalue weighted by Crippen LogP contribution is 2.38. The van der Waals surface area contributed by atoms with Crippen molar-refractivity contribution < 1.29 is 19.1 Å². The predicted octanol–water partition coefficient (Wildman–Crippen LogP) is 7.19. The molecule has 4 rings (SSSR count). The summed E-state index contributed by atoms with van der Waals surface area (Å²) in [5.74, 6) is 0.983. The van der Waals surface area contributed by atoms with Crippen LogP contribution in [0.2, 0.25) is 0 Å². The predicted molar refractivity (Wildman–Crippen MR) is 166 cm³/mol. The lowest BCUT2D eigenvalue weighted by molar-refractivity contribution is -0.115. The first-order valence-corrected chi connectivity index (χ1v) is 13.7. The fourth-order valence-corrected chi connectivity index (χ4v) is 5.17. The van der Waals surface area contributed by atoms with Gasteiger partial charge in [-0.1, -0.05) is 36.4 Å². The van der Waals surface area contributed by atoms with E-state index in [0.717, 1.165) is 21.8 Å². The molecule has 1 amide bonds. The Labute approximate surface area is 243 Å². The van der Waals surface area contributed by atoms with E-state index in [-0.39, 0.29) is 11.7 Å². The molecule has 40 heavy (non-hydrogen) atoms. The first kappa shape index (κ1) is 28.7. The smallest absolute Gasteiger partial charge is 0.242 e. The van der Waals surface area contributed by atoms with Crippen molar-refractivity contribution in [3.8, 4) is 11.5 Å². The number of anilines is 3. The summed E-state index contributed by atoms with van der Waals surface area (Å²) < 4.78 is 10.7. The monoisotopic (exact) mass is 571 g/mol. The number of benzene rings is 4. The largest absolute Gasteiger partial charge is 0.497 e. The second-order valence-electron chi connectivity index (χ2n) is 8.74. The van der Waals surface area contributed by atoms with Gasteiger partial charge >= 0.3 is 0 Å². The third-order valence-corrected chi connectivity index (χ3v) is 7.31. The molecule has 0 aliphatic rings. The minimum absolute atomic E-state index is 0.00674. The van der Waals surface area contributed by atoms with Crippen molar-refractivity contribution in [1.82, 2.24) is 0 Å². The Bertz CT molecular complexity index is 1470. The Morgan fingerprint density at radius 3 is 2.00 bits per heavy atom. The molecule has 0 heterocycles. The quantitative estimate of drug-likeness (QED) is 0.105. The van der Waals surface area contributed by atoms with Crippen molar-refractivity contribution in [2.75, 3.05) is 30.2 Å². The molecule has 0 radical (unpaired) electrons. The Morgan fingerprint density at radius 1 is 0.725 bits per heavy atom. The highest BCUT2D eigenvalue weighted by atomic mass is 32.2. The van der Waals surface area contributed by atoms with Gasteiger partial charge < -0.3 is 25.4 Å². The molecule has 3 N–H and O–H groups in total. The second-order valence-corrected chi connectivity index (χ2v) is 10.3. The third-order valence-electron chi connectivity index (χ3n) is 5.85. The number of carbonyl (C=O) groups excluding carboxylic acids is 2. The van der Waals surface area contributed by atoms with Crippen LogP contribution >= 0.6 is 24.0 Å². The maximum Gasteiger partial charge on any atom is 0.242 e. The van der Waals surface area contributed by atoms with Crippen molar-refractivity contribution >= 4 is 57.8 Å². The molecule has 9 heteroatoms. The Balaban J connectivity index is 1.49. The highest BCUT2D eigenvalue weighted by Gasteiger charge is 2.23. The van der Waals surface area contributed by atoms with E-state index in [9.17, 15) is 9.59 Å². The first-order valence-electron chi connectivity index (χ1n) is 12.4. The number of thioether (sulfide) groups is 1. The van der Waals surface area contributed by atoms with Crippen LogP contribution in [0.15, 0.2) is 102 Å². The molecular formula is C31H29N3O4S2. The summed E-state index contributed by atoms with van der Waals surface area (Å²) in [6, 6.07) is 29.7. The molecule has 1 unspecified atom stereocenters. The maximum atomic E-state index is 13.6. The Hall–Kier alpha value is -4.34. The van der Waals surface area contributed by atoms with E-state index in [0.29, 0.717) is 27.9 Å². The van der Waals surface area contributed by atoms with Gasteiger partial charge in [0.2, 0.25) is 5.91 Å². The van der Waals surface area contributed by atoms with E-state index in [1.54, 1.807) is 56.7 Å². The number of Topliss-reactive ketones (excluding diaryl/α,β-unsaturated/α-hetero) is 1. The van der Waals surface area contributed by atoms with E-state index >= 15 is 0 Å². The zero-order valence-corrected chi connectivity index (χ0v) is 23.9. The van der Waals surface area contributed by atoms with Crippen molar-refractivity contribution in [3.05, 3.63) is 108 Å². The number of thiocarbonyl (C=S) groups is 1. The lowest BCUT2D eigenvalue weighted by Crippen LogP contribution is -2.19. The number of ether oxygens (including phenoxy) is 2. The molecule has 0 bridgehead atoms. The second kappa shape index (κ2) is 13.6. The normalized spacial score (nSPS) is 11.2. The van der Waals surface area contributed by atoms with Crippen molar-refractivity contribution in [1.29, 1.82) is 0 Å². The average molecular weight is 572 g/mol. The molecule has 0 saturated heterocycles. The summed E-state index contributed by atoms with van der Waals surface area (Å²) in [6.45, 7) is 1.53. The average Bonchev–Trinajstić information content (AvgIpc) is 2.96. The minimum Gasteiger partial charge on any atom is -0.497 e. The van der Waals surface area contributed by atoms with Crippen LogP contribution in [0.3, 0.4) is 0 Å². The van der Waals surface area contributed by atoms with Gasteiger partial charge in [0.25, 0.3) is 0 Å². The molecule has 7 nitrogen and oxygen atoms in total. The van der Waals surface area contributed by atoms with E-state index in [4.69, 9.17) is 21.7 Å². The Morgan fingerprint density at radius 2 is 1.38 bits per heavy atom. The van der Waals surface area contributed by atoms with Crippen LogP contribution in [-0.4, -0.2) is 31.0 Å². The van der Waals surface area contributed by atoms with E-state index < -0.39 is 5.25 Å². The lowest BCUT2D eigenvalue weighted by atomic mass is 10.1. The van der Waals surface area contributed by atoms with Crippen molar-refractivity contribution in [2.45, 2.75) is 17.1 Å². The van der Waals surface area contributed by atoms with Crippen molar-refractivity contribution in [2.24, 2.45) is 0 Å². The molecule has 0 aliphatic heterocycles. The molecule has 204 valence electrons. The molecular weight excluding hydrogens is 542 g/mol. The number of carbonyl (C=O) groups is 2. The molecule has 0 spiro atoms. The zero-order chi connectivity index (χ0) is 28.5. The topological polar surface area (TPSA) is 88.7 Å². The number of hydrogen-bond donors (Lipinski definition) is 3. The summed E-state index contributed by atoms with van der Waals surface area (Å²) in [5, 5.41) is 9.20. The van der Waals surface area contributed by atoms with E-state index in [1.807, 2.05) is 54.6 Å². The van der Waals surface area contributed by atoms with E-state index in [1.165, 1.54) is 18.7 Å². The van der Waals surface area contributed by atoms with Crippen LogP contribution in [0.5, 0.6) is 11.5 Å². The maximum absolute atomic E-state index is 13.6. The zero-order valence-electron chi connectivity index (χ0n) is 22.3. The van der Waals surface area contributed by atoms with Crippen LogP contribution in [0.4, 0.5) is 17.1 Å². The van der Waals surface area contributed by atoms with Crippen LogP contribution in [-0.2, 0) is 4.79 Å². The van der Waals surface area contributed by atoms with Crippen LogP contribution in [0.25, 0.3) is 0 Å². The van der Waals surface area contributed by atoms with Gasteiger partial charge in [0.15, 0.2) is 10.9 Å². The van der Waals surface area contributed by atoms with Gasteiger partial charge in [0.05, 0.1) is 14.2 Å². The number of nitrogens with one attached hydrogen (secondary N) is 3. The number of methoxy groups -OCH3 is 2. The summed E-state index contributed by atoms with van der Waals surface area (Å²) in [5.41, 5.74) is 3.61. The van der Waals surface area contributed by atoms with Crippen molar-refractivity contribution in [3.63, 3.8) is 0 Å². The molecule has 4 aromatic carbocycles. The van der Waals surface area contributed by atoms with Gasteiger partial charge in [0, 0.05) is 45.7 Å². The van der Waals surface area contributed by atoms with Gasteiger partial charge in [0.1, 0.15) is 16.7 Å². The van der Waals surface area contributed by atoms with Crippen LogP contribution in [0.1, 0.15) is 28.1 Å². The molecule has 0 saturated carbocycles. The number of amides is 1. The third kappa shape index (κ3) is 7.84. The fraction of sp³-hybridized carbons (Fsp3) is 0.129. The molecule has 0 fully saturated rings. The van der Waals surface area contributed by atoms with Gasteiger partial charge in [-0.2, -0.15) is 0 Å². The van der Waals surface area contributed by atoms with Gasteiger partial charge in [-0.25, -0.2) is 0 Å². The van der Waals surface area contributed by atoms with Gasteiger partial charge in [-0.05, 0) is 67.2 Å². The molecule has 0 aromatic heterocycles. The number of rotatable bonds is 10. The van der Waals surface area contributed by atoms with Gasteiger partial charge in [-0.3, -0.25) is 9.59 Å². The van der Waals surface area contributed by atoms with E-state index in [2.05, 4.69) is 16.0 Å². The summed E-state index contributed by atoms with van der Waals surface area (Å²) in [4.78, 5) is 26.0. The first-order chi connectivity index (χ1) is 19.3. The summed E-state index contributed by atoms with van der Waals surface area (Å²) in [6.07, 6.45) is 0. The molecule has 0 aliphatic carbocycles. The number of ketones is 1. The SMILES string of the molecule is COc1cc(NC(=O)C(Sc2cccc(NC(=S)Nc3ccc(C(C)=O)cc3)c2)c2ccccc2)cc(OC)c1. The lowest BCUT2D eigenvalue weighted by Gasteiger charge is -2.18. The summed E-state index contributed by atoms with van der Waals surface area (Å²) >= 11 is 6.91. The summed E-state index contributed by atoms with van der Waals surface area (Å²) in [7, 11) is 3.13. The van der Waals surface area contributed by atoms with Crippen LogP contribution in [0, 0.1) is 0 Å². The minimum atomic E-state index is -0.529.